The van der Waals surface area contributed by atoms with Crippen molar-refractivity contribution in [3.63, 3.8) is 0 Å². The summed E-state index contributed by atoms with van der Waals surface area (Å²) in [6.45, 7) is -0.0341. The first-order chi connectivity index (χ1) is 7.75. The molecule has 6 heteroatoms. The molecule has 6 nitrogen and oxygen atoms in total. The van der Waals surface area contributed by atoms with E-state index in [1.165, 1.54) is 12.4 Å². The number of nitrogens with zero attached hydrogens (tertiary/aromatic N) is 2. The number of hydrogen-bond acceptors (Lipinski definition) is 4. The second-order valence-corrected chi connectivity index (χ2v) is 3.61. The fourth-order valence-corrected chi connectivity index (χ4v) is 1.19. The van der Waals surface area contributed by atoms with Crippen LogP contribution < -0.4 is 10.6 Å². The van der Waals surface area contributed by atoms with Gasteiger partial charge in [0.15, 0.2) is 0 Å². The van der Waals surface area contributed by atoms with Gasteiger partial charge in [0.1, 0.15) is 0 Å². The van der Waals surface area contributed by atoms with E-state index in [0.717, 1.165) is 12.8 Å². The molecule has 1 heterocycles. The zero-order valence-corrected chi connectivity index (χ0v) is 8.64. The van der Waals surface area contributed by atoms with E-state index in [1.54, 1.807) is 6.07 Å². The molecule has 0 radical (unpaired) electrons. The van der Waals surface area contributed by atoms with Gasteiger partial charge in [0, 0.05) is 18.3 Å². The van der Waals surface area contributed by atoms with Crippen molar-refractivity contribution in [2.24, 2.45) is 5.92 Å². The molecule has 0 unspecified atom stereocenters. The van der Waals surface area contributed by atoms with Crippen LogP contribution in [0.4, 0.5) is 5.95 Å². The minimum atomic E-state index is -0.319. The smallest absolute Gasteiger partial charge is 0.246 e. The van der Waals surface area contributed by atoms with Crippen molar-refractivity contribution in [2.45, 2.75) is 12.8 Å². The Bertz CT molecular complexity index is 389. The third-order valence-electron chi connectivity index (χ3n) is 2.19. The molecule has 1 aromatic heterocycles. The average molecular weight is 220 g/mol. The van der Waals surface area contributed by atoms with E-state index in [0.29, 0.717) is 0 Å². The number of hydrogen-bond donors (Lipinski definition) is 2. The van der Waals surface area contributed by atoms with Gasteiger partial charge in [-0.15, -0.1) is 0 Å². The topological polar surface area (TPSA) is 84.0 Å². The molecule has 0 aliphatic heterocycles. The largest absolute Gasteiger partial charge is 0.347 e. The van der Waals surface area contributed by atoms with Crippen LogP contribution in [0.2, 0.25) is 0 Å². The second kappa shape index (κ2) is 4.69. The molecule has 16 heavy (non-hydrogen) atoms. The monoisotopic (exact) mass is 220 g/mol. The molecular formula is C10H12N4O2. The molecule has 84 valence electrons. The molecule has 2 N–H and O–H groups in total. The van der Waals surface area contributed by atoms with Crippen LogP contribution in [-0.4, -0.2) is 28.3 Å². The highest BCUT2D eigenvalue weighted by Crippen LogP contribution is 2.28. The molecule has 2 rings (SSSR count). The van der Waals surface area contributed by atoms with Crippen LogP contribution in [0.1, 0.15) is 12.8 Å². The summed E-state index contributed by atoms with van der Waals surface area (Å²) in [7, 11) is 0. The standard InChI is InChI=1S/C10H12N4O2/c15-8(6-13-9(16)7-2-3-7)14-10-11-4-1-5-12-10/h1,4-5,7H,2-3,6H2,(H,13,16)(H,11,12,14,15). The Morgan fingerprint density at radius 3 is 2.62 bits per heavy atom. The number of carbonyl (C=O) groups is 2. The van der Waals surface area contributed by atoms with E-state index in [1.807, 2.05) is 0 Å². The Kier molecular flexibility index (Phi) is 3.09. The third kappa shape index (κ3) is 3.01. The fraction of sp³-hybridized carbons (Fsp3) is 0.400. The molecule has 1 aliphatic rings. The summed E-state index contributed by atoms with van der Waals surface area (Å²) in [6.07, 6.45) is 4.92. The van der Waals surface area contributed by atoms with Crippen LogP contribution in [0.25, 0.3) is 0 Å². The van der Waals surface area contributed by atoms with E-state index in [2.05, 4.69) is 20.6 Å². The van der Waals surface area contributed by atoms with Gasteiger partial charge in [0.2, 0.25) is 17.8 Å². The molecule has 0 saturated heterocycles. The Balaban J connectivity index is 1.74. The van der Waals surface area contributed by atoms with E-state index in [4.69, 9.17) is 0 Å². The summed E-state index contributed by atoms with van der Waals surface area (Å²) in [5.41, 5.74) is 0. The molecule has 0 spiro atoms. The molecule has 0 aromatic carbocycles. The molecule has 1 aromatic rings. The van der Waals surface area contributed by atoms with Crippen molar-refractivity contribution in [1.29, 1.82) is 0 Å². The number of rotatable bonds is 4. The van der Waals surface area contributed by atoms with Crippen molar-refractivity contribution in [1.82, 2.24) is 15.3 Å². The number of anilines is 1. The van der Waals surface area contributed by atoms with Gasteiger partial charge in [-0.3, -0.25) is 14.9 Å². The van der Waals surface area contributed by atoms with Crippen LogP contribution in [0, 0.1) is 5.92 Å². The van der Waals surface area contributed by atoms with Crippen LogP contribution in [0.5, 0.6) is 0 Å². The van der Waals surface area contributed by atoms with Crippen molar-refractivity contribution >= 4 is 17.8 Å². The fourth-order valence-electron chi connectivity index (χ4n) is 1.19. The van der Waals surface area contributed by atoms with Crippen LogP contribution >= 0.6 is 0 Å². The molecule has 1 saturated carbocycles. The van der Waals surface area contributed by atoms with E-state index in [9.17, 15) is 9.59 Å². The Morgan fingerprint density at radius 2 is 2.00 bits per heavy atom. The lowest BCUT2D eigenvalue weighted by atomic mass is 10.4. The highest BCUT2D eigenvalue weighted by Gasteiger charge is 2.29. The van der Waals surface area contributed by atoms with Crippen molar-refractivity contribution in [2.75, 3.05) is 11.9 Å². The summed E-state index contributed by atoms with van der Waals surface area (Å²) < 4.78 is 0. The highest BCUT2D eigenvalue weighted by molar-refractivity contribution is 5.93. The van der Waals surface area contributed by atoms with Crippen molar-refractivity contribution in [3.05, 3.63) is 18.5 Å². The van der Waals surface area contributed by atoms with Gasteiger partial charge in [-0.2, -0.15) is 0 Å². The number of nitrogens with one attached hydrogen (secondary N) is 2. The predicted molar refractivity (Wildman–Crippen MR) is 56.4 cm³/mol. The van der Waals surface area contributed by atoms with Crippen LogP contribution in [-0.2, 0) is 9.59 Å². The summed E-state index contributed by atoms with van der Waals surface area (Å²) >= 11 is 0. The van der Waals surface area contributed by atoms with Gasteiger partial charge in [-0.25, -0.2) is 9.97 Å². The first-order valence-electron chi connectivity index (χ1n) is 5.10. The number of amides is 2. The average Bonchev–Trinajstić information content (AvgIpc) is 3.11. The Hall–Kier alpha value is -1.98. The van der Waals surface area contributed by atoms with Gasteiger partial charge >= 0.3 is 0 Å². The van der Waals surface area contributed by atoms with Gasteiger partial charge < -0.3 is 5.32 Å². The third-order valence-corrected chi connectivity index (χ3v) is 2.19. The van der Waals surface area contributed by atoms with Crippen molar-refractivity contribution in [3.8, 4) is 0 Å². The first-order valence-corrected chi connectivity index (χ1v) is 5.10. The number of aromatic nitrogens is 2. The lowest BCUT2D eigenvalue weighted by molar-refractivity contribution is -0.125. The van der Waals surface area contributed by atoms with Gasteiger partial charge in [-0.05, 0) is 18.9 Å². The molecular weight excluding hydrogens is 208 g/mol. The van der Waals surface area contributed by atoms with E-state index >= 15 is 0 Å². The van der Waals surface area contributed by atoms with E-state index in [-0.39, 0.29) is 30.2 Å². The van der Waals surface area contributed by atoms with Crippen molar-refractivity contribution < 1.29 is 9.59 Å². The SMILES string of the molecule is O=C(CNC(=O)C1CC1)Nc1ncccn1. The summed E-state index contributed by atoms with van der Waals surface area (Å²) in [5.74, 6) is -0.0155. The highest BCUT2D eigenvalue weighted by atomic mass is 16.2. The minimum Gasteiger partial charge on any atom is -0.347 e. The number of carbonyl (C=O) groups excluding carboxylic acids is 2. The summed E-state index contributed by atoms with van der Waals surface area (Å²) in [5, 5.41) is 5.04. The molecule has 0 bridgehead atoms. The Morgan fingerprint density at radius 1 is 1.31 bits per heavy atom. The minimum absolute atomic E-state index is 0.0341. The second-order valence-electron chi connectivity index (χ2n) is 3.61. The molecule has 1 aliphatic carbocycles. The first kappa shape index (κ1) is 10.5. The zero-order valence-electron chi connectivity index (χ0n) is 8.64. The lowest BCUT2D eigenvalue weighted by Gasteiger charge is -2.04. The maximum atomic E-state index is 11.4. The maximum absolute atomic E-state index is 11.4. The van der Waals surface area contributed by atoms with Crippen LogP contribution in [0.15, 0.2) is 18.5 Å². The molecule has 1 fully saturated rings. The normalized spacial score (nSPS) is 14.2. The predicted octanol–water partition coefficient (Wildman–Crippen LogP) is -0.0587. The lowest BCUT2D eigenvalue weighted by Crippen LogP contribution is -2.34. The summed E-state index contributed by atoms with van der Waals surface area (Å²) in [6, 6.07) is 1.66. The van der Waals surface area contributed by atoms with Gasteiger partial charge in [0.25, 0.3) is 0 Å². The quantitative estimate of drug-likeness (QED) is 0.744. The Labute approximate surface area is 92.5 Å². The van der Waals surface area contributed by atoms with Gasteiger partial charge in [-0.1, -0.05) is 0 Å². The zero-order chi connectivity index (χ0) is 11.4. The van der Waals surface area contributed by atoms with Gasteiger partial charge in [0.05, 0.1) is 6.54 Å². The summed E-state index contributed by atoms with van der Waals surface area (Å²) in [4.78, 5) is 30.3. The molecule has 0 atom stereocenters. The molecule has 2 amide bonds. The maximum Gasteiger partial charge on any atom is 0.246 e. The van der Waals surface area contributed by atoms with E-state index < -0.39 is 0 Å². The van der Waals surface area contributed by atoms with Crippen LogP contribution in [0.3, 0.4) is 0 Å².